The Balaban J connectivity index is 1.64. The number of hydrogen-bond acceptors (Lipinski definition) is 2. The quantitative estimate of drug-likeness (QED) is 0.756. The minimum atomic E-state index is 0.251. The van der Waals surface area contributed by atoms with Gasteiger partial charge in [0.25, 0.3) is 0 Å². The molecule has 2 saturated carbocycles. The van der Waals surface area contributed by atoms with Gasteiger partial charge in [0.1, 0.15) is 0 Å². The van der Waals surface area contributed by atoms with E-state index in [-0.39, 0.29) is 5.91 Å². The van der Waals surface area contributed by atoms with Crippen LogP contribution in [0.4, 0.5) is 0 Å². The molecule has 2 unspecified atom stereocenters. The van der Waals surface area contributed by atoms with Gasteiger partial charge < -0.3 is 11.1 Å². The Bertz CT molecular complexity index is 259. The summed E-state index contributed by atoms with van der Waals surface area (Å²) in [6, 6.07) is 0.309. The first kappa shape index (κ1) is 13.9. The maximum absolute atomic E-state index is 11.9. The van der Waals surface area contributed by atoms with E-state index in [0.717, 1.165) is 19.4 Å². The predicted molar refractivity (Wildman–Crippen MR) is 74.1 cm³/mol. The van der Waals surface area contributed by atoms with Crippen molar-refractivity contribution in [3.8, 4) is 0 Å². The molecule has 0 aromatic heterocycles. The molecule has 2 fully saturated rings. The van der Waals surface area contributed by atoms with Crippen LogP contribution in [0, 0.1) is 11.8 Å². The van der Waals surface area contributed by atoms with Gasteiger partial charge in [0.05, 0.1) is 0 Å². The van der Waals surface area contributed by atoms with Crippen LogP contribution < -0.4 is 11.1 Å². The Morgan fingerprint density at radius 1 is 1.00 bits per heavy atom. The van der Waals surface area contributed by atoms with E-state index in [0.29, 0.717) is 17.9 Å². The number of rotatable bonds is 4. The number of nitrogens with one attached hydrogen (secondary N) is 1. The molecule has 3 heteroatoms. The van der Waals surface area contributed by atoms with Crippen LogP contribution >= 0.6 is 0 Å². The molecule has 2 rings (SSSR count). The highest BCUT2D eigenvalue weighted by molar-refractivity contribution is 5.76. The molecule has 2 aliphatic carbocycles. The van der Waals surface area contributed by atoms with E-state index in [2.05, 4.69) is 5.32 Å². The second-order valence-corrected chi connectivity index (χ2v) is 6.22. The molecule has 0 aromatic rings. The van der Waals surface area contributed by atoms with Crippen molar-refractivity contribution in [1.29, 1.82) is 0 Å². The lowest BCUT2D eigenvalue weighted by molar-refractivity contribution is -0.122. The third-order valence-corrected chi connectivity index (χ3v) is 4.73. The summed E-state index contributed by atoms with van der Waals surface area (Å²) in [5, 5.41) is 3.10. The van der Waals surface area contributed by atoms with Crippen molar-refractivity contribution in [3.63, 3.8) is 0 Å². The van der Waals surface area contributed by atoms with Gasteiger partial charge in [0.15, 0.2) is 0 Å². The molecule has 3 nitrogen and oxygen atoms in total. The fraction of sp³-hybridized carbons (Fsp3) is 0.933. The largest absolute Gasteiger partial charge is 0.356 e. The predicted octanol–water partition coefficient (Wildman–Crippen LogP) is 2.59. The highest BCUT2D eigenvalue weighted by Gasteiger charge is 2.24. The summed E-state index contributed by atoms with van der Waals surface area (Å²) in [5.74, 6) is 1.40. The van der Waals surface area contributed by atoms with Gasteiger partial charge in [-0.25, -0.2) is 0 Å². The standard InChI is InChI=1S/C15H28N2O/c16-14-9-5-8-13(14)11-17-15(18)10-12-6-3-1-2-4-7-12/h12-14H,1-11,16H2,(H,17,18). The van der Waals surface area contributed by atoms with Gasteiger partial charge in [-0.3, -0.25) is 4.79 Å². The molecule has 0 heterocycles. The van der Waals surface area contributed by atoms with E-state index in [4.69, 9.17) is 5.73 Å². The minimum Gasteiger partial charge on any atom is -0.356 e. The third kappa shape index (κ3) is 4.27. The van der Waals surface area contributed by atoms with E-state index in [1.54, 1.807) is 0 Å². The van der Waals surface area contributed by atoms with Crippen molar-refractivity contribution in [1.82, 2.24) is 5.32 Å². The lowest BCUT2D eigenvalue weighted by atomic mass is 9.96. The van der Waals surface area contributed by atoms with Crippen molar-refractivity contribution in [2.75, 3.05) is 6.54 Å². The molecule has 0 saturated heterocycles. The van der Waals surface area contributed by atoms with Gasteiger partial charge in [-0.15, -0.1) is 0 Å². The molecule has 0 spiro atoms. The molecule has 18 heavy (non-hydrogen) atoms. The van der Waals surface area contributed by atoms with Gasteiger partial charge in [-0.2, -0.15) is 0 Å². The number of amides is 1. The smallest absolute Gasteiger partial charge is 0.220 e. The molecule has 0 bridgehead atoms. The van der Waals surface area contributed by atoms with Crippen LogP contribution in [0.2, 0.25) is 0 Å². The molecule has 104 valence electrons. The summed E-state index contributed by atoms with van der Waals surface area (Å²) in [5.41, 5.74) is 6.02. The summed E-state index contributed by atoms with van der Waals surface area (Å²) in [4.78, 5) is 11.9. The number of carbonyl (C=O) groups excluding carboxylic acids is 1. The van der Waals surface area contributed by atoms with Crippen LogP contribution in [-0.4, -0.2) is 18.5 Å². The zero-order valence-electron chi connectivity index (χ0n) is 11.5. The first-order valence-electron chi connectivity index (χ1n) is 7.78. The topological polar surface area (TPSA) is 55.1 Å². The van der Waals surface area contributed by atoms with Crippen LogP contribution in [0.1, 0.15) is 64.2 Å². The van der Waals surface area contributed by atoms with Crippen LogP contribution in [0.3, 0.4) is 0 Å². The molecular weight excluding hydrogens is 224 g/mol. The monoisotopic (exact) mass is 252 g/mol. The van der Waals surface area contributed by atoms with Gasteiger partial charge in [0, 0.05) is 19.0 Å². The van der Waals surface area contributed by atoms with Gasteiger partial charge in [-0.05, 0) is 37.5 Å². The minimum absolute atomic E-state index is 0.251. The van der Waals surface area contributed by atoms with E-state index in [9.17, 15) is 4.79 Å². The molecule has 0 radical (unpaired) electrons. The SMILES string of the molecule is NC1CCCC1CNC(=O)CC1CCCCCC1. The summed E-state index contributed by atoms with van der Waals surface area (Å²) in [7, 11) is 0. The van der Waals surface area contributed by atoms with Crippen LogP contribution in [0.5, 0.6) is 0 Å². The normalized spacial score (nSPS) is 30.1. The van der Waals surface area contributed by atoms with Crippen molar-refractivity contribution in [3.05, 3.63) is 0 Å². The number of hydrogen-bond donors (Lipinski definition) is 2. The van der Waals surface area contributed by atoms with Gasteiger partial charge in [-0.1, -0.05) is 32.1 Å². The first-order chi connectivity index (χ1) is 8.75. The second-order valence-electron chi connectivity index (χ2n) is 6.22. The van der Waals surface area contributed by atoms with Crippen molar-refractivity contribution in [2.24, 2.45) is 17.6 Å². The maximum Gasteiger partial charge on any atom is 0.220 e. The first-order valence-corrected chi connectivity index (χ1v) is 7.78. The lowest BCUT2D eigenvalue weighted by Crippen LogP contribution is -2.36. The van der Waals surface area contributed by atoms with E-state index >= 15 is 0 Å². The number of nitrogens with two attached hydrogens (primary N) is 1. The highest BCUT2D eigenvalue weighted by Crippen LogP contribution is 2.26. The average Bonchev–Trinajstić information content (AvgIpc) is 2.61. The molecule has 2 atom stereocenters. The van der Waals surface area contributed by atoms with Crippen LogP contribution in [0.25, 0.3) is 0 Å². The van der Waals surface area contributed by atoms with E-state index in [1.807, 2.05) is 0 Å². The molecule has 0 aliphatic heterocycles. The Hall–Kier alpha value is -0.570. The van der Waals surface area contributed by atoms with Crippen molar-refractivity contribution < 1.29 is 4.79 Å². The van der Waals surface area contributed by atoms with Gasteiger partial charge >= 0.3 is 0 Å². The number of carbonyl (C=O) groups is 1. The van der Waals surface area contributed by atoms with Gasteiger partial charge in [0.2, 0.25) is 5.91 Å². The molecule has 3 N–H and O–H groups in total. The summed E-state index contributed by atoms with van der Waals surface area (Å²) in [6.07, 6.45) is 12.1. The molecular formula is C15H28N2O. The summed E-state index contributed by atoms with van der Waals surface area (Å²) < 4.78 is 0. The summed E-state index contributed by atoms with van der Waals surface area (Å²) >= 11 is 0. The Morgan fingerprint density at radius 2 is 1.72 bits per heavy atom. The van der Waals surface area contributed by atoms with Crippen LogP contribution in [-0.2, 0) is 4.79 Å². The summed E-state index contributed by atoms with van der Waals surface area (Å²) in [6.45, 7) is 0.798. The Kier molecular flexibility index (Phi) is 5.48. The second kappa shape index (κ2) is 7.13. The third-order valence-electron chi connectivity index (χ3n) is 4.73. The Morgan fingerprint density at radius 3 is 2.33 bits per heavy atom. The van der Waals surface area contributed by atoms with E-state index < -0.39 is 0 Å². The highest BCUT2D eigenvalue weighted by atomic mass is 16.1. The maximum atomic E-state index is 11.9. The Labute approximate surface area is 111 Å². The van der Waals surface area contributed by atoms with E-state index in [1.165, 1.54) is 51.4 Å². The molecule has 0 aromatic carbocycles. The van der Waals surface area contributed by atoms with Crippen LogP contribution in [0.15, 0.2) is 0 Å². The van der Waals surface area contributed by atoms with Crippen molar-refractivity contribution in [2.45, 2.75) is 70.3 Å². The lowest BCUT2D eigenvalue weighted by Gasteiger charge is -2.18. The molecule has 1 amide bonds. The fourth-order valence-corrected chi connectivity index (χ4v) is 3.47. The molecule has 2 aliphatic rings. The zero-order valence-corrected chi connectivity index (χ0v) is 11.5. The zero-order chi connectivity index (χ0) is 12.8. The average molecular weight is 252 g/mol. The van der Waals surface area contributed by atoms with Crippen molar-refractivity contribution >= 4 is 5.91 Å². The fourth-order valence-electron chi connectivity index (χ4n) is 3.47.